The molecule has 1 N–H and O–H groups in total. The maximum Gasteiger partial charge on any atom is 0.269 e. The lowest BCUT2D eigenvalue weighted by atomic mass is 9.87. The van der Waals surface area contributed by atoms with Gasteiger partial charge in [-0.05, 0) is 104 Å². The summed E-state index contributed by atoms with van der Waals surface area (Å²) in [7, 11) is 10.7. The lowest BCUT2D eigenvalue weighted by Crippen LogP contribution is -2.34. The molecule has 14 heteroatoms. The highest BCUT2D eigenvalue weighted by atomic mass is 32.2. The molecule has 6 bridgehead atoms. The van der Waals surface area contributed by atoms with Crippen molar-refractivity contribution in [3.63, 3.8) is 0 Å². The molecule has 0 aromatic heterocycles. The Morgan fingerprint density at radius 2 is 1.36 bits per heavy atom. The third-order valence-corrected chi connectivity index (χ3v) is 12.6. The predicted molar refractivity (Wildman–Crippen MR) is 221 cm³/mol. The first-order chi connectivity index (χ1) is 28.1. The maximum atomic E-state index is 13.9. The molecule has 9 rings (SSSR count). The lowest BCUT2D eigenvalue weighted by molar-refractivity contribution is -0.384. The van der Waals surface area contributed by atoms with Gasteiger partial charge in [-0.3, -0.25) is 19.9 Å². The number of likely N-dealkylation sites (N-methyl/N-ethyl adjacent to an activating group) is 2. The number of hydrogen-bond donors (Lipinski definition) is 1. The van der Waals surface area contributed by atoms with Crippen LogP contribution in [0.5, 0.6) is 46.0 Å². The van der Waals surface area contributed by atoms with Crippen molar-refractivity contribution in [3.8, 4) is 46.0 Å². The number of fused-ring (bicyclic) bond motifs is 2. The zero-order valence-electron chi connectivity index (χ0n) is 33.3. The molecule has 0 aliphatic carbocycles. The van der Waals surface area contributed by atoms with Gasteiger partial charge in [0.1, 0.15) is 17.1 Å². The van der Waals surface area contributed by atoms with E-state index in [0.717, 1.165) is 54.6 Å². The Labute approximate surface area is 340 Å². The number of rotatable bonds is 8. The maximum absolute atomic E-state index is 13.9. The van der Waals surface area contributed by atoms with Crippen LogP contribution >= 0.6 is 0 Å². The first-order valence-electron chi connectivity index (χ1n) is 19.1. The van der Waals surface area contributed by atoms with Crippen LogP contribution in [0.2, 0.25) is 0 Å². The van der Waals surface area contributed by atoms with Crippen molar-refractivity contribution < 1.29 is 37.9 Å². The summed E-state index contributed by atoms with van der Waals surface area (Å²) >= 11 is -1.79. The van der Waals surface area contributed by atoms with Crippen LogP contribution in [0.3, 0.4) is 0 Å². The molecule has 0 radical (unpaired) electrons. The molecule has 13 nitrogen and oxygen atoms in total. The Hall–Kier alpha value is -5.67. The van der Waals surface area contributed by atoms with Crippen LogP contribution in [-0.4, -0.2) is 74.9 Å². The number of nitro benzene ring substituents is 1. The van der Waals surface area contributed by atoms with E-state index < -0.39 is 16.3 Å². The molecule has 4 aliphatic rings. The summed E-state index contributed by atoms with van der Waals surface area (Å²) in [5, 5.41) is 11.3. The van der Waals surface area contributed by atoms with E-state index in [1.807, 2.05) is 24.3 Å². The fourth-order valence-electron chi connectivity index (χ4n) is 8.29. The van der Waals surface area contributed by atoms with Gasteiger partial charge in [-0.25, -0.2) is 4.72 Å². The molecule has 5 aromatic carbocycles. The lowest BCUT2D eigenvalue weighted by Gasteiger charge is -2.37. The van der Waals surface area contributed by atoms with Gasteiger partial charge in [0.2, 0.25) is 5.75 Å². The monoisotopic (exact) mass is 806 g/mol. The number of benzene rings is 5. The molecule has 0 saturated heterocycles. The van der Waals surface area contributed by atoms with Crippen molar-refractivity contribution in [2.75, 3.05) is 60.3 Å². The van der Waals surface area contributed by atoms with Crippen LogP contribution in [0.15, 0.2) is 83.8 Å². The van der Waals surface area contributed by atoms with E-state index in [2.05, 4.69) is 52.9 Å². The molecule has 4 heterocycles. The van der Waals surface area contributed by atoms with Crippen molar-refractivity contribution in [1.82, 2.24) is 9.80 Å². The van der Waals surface area contributed by atoms with Gasteiger partial charge in [0.05, 0.1) is 39.0 Å². The predicted octanol–water partition coefficient (Wildman–Crippen LogP) is 8.21. The summed E-state index contributed by atoms with van der Waals surface area (Å²) < 4.78 is 54.6. The molecular weight excluding hydrogens is 761 g/mol. The summed E-state index contributed by atoms with van der Waals surface area (Å²) in [6, 6.07) is 23.5. The smallest absolute Gasteiger partial charge is 0.269 e. The van der Waals surface area contributed by atoms with Crippen molar-refractivity contribution >= 4 is 22.7 Å². The molecule has 0 saturated carbocycles. The van der Waals surface area contributed by atoms with Gasteiger partial charge in [0.15, 0.2) is 39.4 Å². The molecule has 0 spiro atoms. The van der Waals surface area contributed by atoms with Crippen LogP contribution in [0.25, 0.3) is 0 Å². The molecule has 302 valence electrons. The third kappa shape index (κ3) is 7.44. The molecule has 4 aliphatic heterocycles. The van der Waals surface area contributed by atoms with Crippen LogP contribution in [-0.2, 0) is 37.0 Å². The van der Waals surface area contributed by atoms with Crippen LogP contribution < -0.4 is 33.1 Å². The van der Waals surface area contributed by atoms with Gasteiger partial charge < -0.3 is 33.0 Å². The van der Waals surface area contributed by atoms with E-state index in [1.165, 1.54) is 35.4 Å². The molecule has 0 fully saturated rings. The summed E-state index contributed by atoms with van der Waals surface area (Å²) in [5.74, 6) is 4.29. The molecular formula is C44H46N4O9S. The second-order valence-electron chi connectivity index (χ2n) is 14.7. The highest BCUT2D eigenvalue weighted by Crippen LogP contribution is 2.52. The highest BCUT2D eigenvalue weighted by molar-refractivity contribution is 7.92. The normalized spacial score (nSPS) is 18.1. The first kappa shape index (κ1) is 39.2. The second-order valence-corrected chi connectivity index (χ2v) is 16.0. The minimum atomic E-state index is -1.79. The van der Waals surface area contributed by atoms with Gasteiger partial charge in [-0.2, -0.15) is 0 Å². The summed E-state index contributed by atoms with van der Waals surface area (Å²) in [6.45, 7) is 1.65. The number of hydrogen-bond acceptors (Lipinski definition) is 12. The third-order valence-electron chi connectivity index (χ3n) is 11.5. The molecule has 1 unspecified atom stereocenters. The fraction of sp³-hybridized carbons (Fsp3) is 0.318. The average molecular weight is 807 g/mol. The first-order valence-corrected chi connectivity index (χ1v) is 20.2. The fourth-order valence-corrected chi connectivity index (χ4v) is 9.18. The molecule has 0 amide bonds. The second kappa shape index (κ2) is 16.3. The minimum Gasteiger partial charge on any atom is -0.588 e. The topological polar surface area (TPSA) is 140 Å². The Kier molecular flexibility index (Phi) is 11.0. The Morgan fingerprint density at radius 3 is 2.03 bits per heavy atom. The van der Waals surface area contributed by atoms with Gasteiger partial charge >= 0.3 is 0 Å². The van der Waals surface area contributed by atoms with E-state index in [0.29, 0.717) is 63.0 Å². The molecule has 5 aromatic rings. The largest absolute Gasteiger partial charge is 0.588 e. The molecule has 58 heavy (non-hydrogen) atoms. The van der Waals surface area contributed by atoms with Gasteiger partial charge in [-0.1, -0.05) is 12.1 Å². The van der Waals surface area contributed by atoms with Crippen LogP contribution in [0.1, 0.15) is 45.5 Å². The number of nitrogens with one attached hydrogen (secondary N) is 1. The SMILES string of the molecule is COc1cc(N[S+]([O-])c2ccc([N+](=O)[O-])cc2)c2cc1Oc1ccc(cc1)C[C@H]1c3cc(c(OC)cc3CCN1C)Oc1c(OC)c(OC)cc3c1[C@H](C2)N(C)CC3. The number of ether oxygens (including phenoxy) is 6. The van der Waals surface area contributed by atoms with Crippen LogP contribution in [0, 0.1) is 10.1 Å². The van der Waals surface area contributed by atoms with E-state index in [1.54, 1.807) is 34.5 Å². The summed E-state index contributed by atoms with van der Waals surface area (Å²) in [4.78, 5) is 15.9. The Bertz CT molecular complexity index is 2340. The van der Waals surface area contributed by atoms with Crippen molar-refractivity contribution in [2.24, 2.45) is 0 Å². The van der Waals surface area contributed by atoms with Gasteiger partial charge in [0.25, 0.3) is 5.69 Å². The number of non-ortho nitro benzene ring substituents is 1. The minimum absolute atomic E-state index is 0.0851. The van der Waals surface area contributed by atoms with E-state index in [4.69, 9.17) is 28.4 Å². The van der Waals surface area contributed by atoms with Gasteiger partial charge in [-0.15, -0.1) is 0 Å². The number of nitrogens with zero attached hydrogens (tertiary/aromatic N) is 3. The van der Waals surface area contributed by atoms with Crippen molar-refractivity contribution in [2.45, 2.75) is 42.7 Å². The zero-order valence-corrected chi connectivity index (χ0v) is 34.1. The zero-order chi connectivity index (χ0) is 40.7. The van der Waals surface area contributed by atoms with E-state index in [9.17, 15) is 14.7 Å². The number of nitro groups is 1. The average Bonchev–Trinajstić information content (AvgIpc) is 3.23. The standard InChI is InChI=1S/C44H46N4O9S/c1-46-17-15-27-21-37(52-3)40-24-33(27)35(46)19-26-7-11-31(12-8-26)56-39-23-29(34(25-38(39)53-4)45-58(51)32-13-9-30(10-14-32)48(49)50)20-36-42-28(16-18-47(36)2)22-41(54-5)43(55-6)44(42)57-40/h7-14,21-25,35-36,45H,15-20H2,1-6H3/t35-,36-,58?/m0/s1. The van der Waals surface area contributed by atoms with Crippen LogP contribution in [0.4, 0.5) is 11.4 Å². The van der Waals surface area contributed by atoms with Crippen molar-refractivity contribution in [3.05, 3.63) is 122 Å². The van der Waals surface area contributed by atoms with Crippen molar-refractivity contribution in [1.29, 1.82) is 0 Å². The van der Waals surface area contributed by atoms with Gasteiger partial charge in [0, 0.05) is 61.1 Å². The quantitative estimate of drug-likeness (QED) is 0.0919. The summed E-state index contributed by atoms with van der Waals surface area (Å²) in [5.41, 5.74) is 6.75. The highest BCUT2D eigenvalue weighted by Gasteiger charge is 2.36. The Morgan fingerprint density at radius 1 is 0.724 bits per heavy atom. The number of anilines is 1. The number of methoxy groups -OCH3 is 4. The van der Waals surface area contributed by atoms with E-state index in [-0.39, 0.29) is 17.8 Å². The molecule has 3 atom stereocenters. The summed E-state index contributed by atoms with van der Waals surface area (Å²) in [6.07, 6.45) is 2.79. The Balaban J connectivity index is 1.33. The van der Waals surface area contributed by atoms with E-state index >= 15 is 0 Å².